The Bertz CT molecular complexity index is 292. The Balaban J connectivity index is 4.26. The Labute approximate surface area is 114 Å². The van der Waals surface area contributed by atoms with E-state index in [1.165, 1.54) is 6.92 Å². The van der Waals surface area contributed by atoms with Crippen LogP contribution in [0, 0.1) is 11.8 Å². The van der Waals surface area contributed by atoms with Gasteiger partial charge in [0.25, 0.3) is 0 Å². The fraction of sp³-hybridized carbons (Fsp3) is 0.846. The van der Waals surface area contributed by atoms with Gasteiger partial charge in [-0.05, 0) is 38.1 Å². The van der Waals surface area contributed by atoms with Crippen molar-refractivity contribution in [1.82, 2.24) is 5.32 Å². The van der Waals surface area contributed by atoms with Gasteiger partial charge in [0.15, 0.2) is 6.04 Å². The maximum atomic E-state index is 11.7. The molecule has 3 atom stereocenters. The van der Waals surface area contributed by atoms with Gasteiger partial charge in [-0.2, -0.15) is 0 Å². The predicted octanol–water partition coefficient (Wildman–Crippen LogP) is 0.338. The van der Waals surface area contributed by atoms with Gasteiger partial charge in [0, 0.05) is 6.42 Å². The molecule has 0 aromatic carbocycles. The lowest BCUT2D eigenvalue weighted by Gasteiger charge is -2.21. The van der Waals surface area contributed by atoms with E-state index in [-0.39, 0.29) is 12.3 Å². The standard InChI is InChI=1S/C13H26N2O4/c1-8(2)10(6-7-14)4-5-11(17)15-12(9(3)16)13(18)19/h8-10,12,16H,4-7,14H2,1-3H3,(H,15,17)(H,18,19)/t9-,10?,12+/m1/s1. The number of carboxylic acid groups (broad SMARTS) is 1. The average molecular weight is 274 g/mol. The normalized spacial score (nSPS) is 15.9. The fourth-order valence-electron chi connectivity index (χ4n) is 1.98. The van der Waals surface area contributed by atoms with Crippen molar-refractivity contribution in [2.75, 3.05) is 6.54 Å². The summed E-state index contributed by atoms with van der Waals surface area (Å²) in [6.07, 6.45) is 0.655. The smallest absolute Gasteiger partial charge is 0.328 e. The molecule has 6 nitrogen and oxygen atoms in total. The molecule has 0 aliphatic heterocycles. The first-order valence-corrected chi connectivity index (χ1v) is 6.69. The minimum Gasteiger partial charge on any atom is -0.480 e. The molecule has 0 aliphatic carbocycles. The molecule has 112 valence electrons. The van der Waals surface area contributed by atoms with E-state index in [9.17, 15) is 14.7 Å². The van der Waals surface area contributed by atoms with Crippen LogP contribution in [-0.4, -0.2) is 40.8 Å². The van der Waals surface area contributed by atoms with E-state index in [1.54, 1.807) is 0 Å². The fourth-order valence-corrected chi connectivity index (χ4v) is 1.98. The van der Waals surface area contributed by atoms with Crippen LogP contribution < -0.4 is 11.1 Å². The number of nitrogens with two attached hydrogens (primary N) is 1. The van der Waals surface area contributed by atoms with Crippen LogP contribution in [0.2, 0.25) is 0 Å². The first-order chi connectivity index (χ1) is 8.79. The number of rotatable bonds is 9. The number of carboxylic acids is 1. The third-order valence-corrected chi connectivity index (χ3v) is 3.29. The molecule has 0 aliphatic rings. The number of hydrogen-bond donors (Lipinski definition) is 4. The molecule has 6 heteroatoms. The van der Waals surface area contributed by atoms with Crippen molar-refractivity contribution in [1.29, 1.82) is 0 Å². The Morgan fingerprint density at radius 3 is 2.16 bits per heavy atom. The van der Waals surface area contributed by atoms with Crippen molar-refractivity contribution in [2.24, 2.45) is 17.6 Å². The Morgan fingerprint density at radius 2 is 1.79 bits per heavy atom. The van der Waals surface area contributed by atoms with E-state index in [1.807, 2.05) is 0 Å². The second-order valence-electron chi connectivity index (χ2n) is 5.24. The molecule has 0 heterocycles. The largest absolute Gasteiger partial charge is 0.480 e. The molecule has 1 unspecified atom stereocenters. The molecule has 19 heavy (non-hydrogen) atoms. The average Bonchev–Trinajstić information content (AvgIpc) is 2.30. The van der Waals surface area contributed by atoms with Crippen molar-refractivity contribution in [3.05, 3.63) is 0 Å². The van der Waals surface area contributed by atoms with E-state index in [0.717, 1.165) is 6.42 Å². The maximum absolute atomic E-state index is 11.7. The van der Waals surface area contributed by atoms with Gasteiger partial charge >= 0.3 is 5.97 Å². The number of carbonyl (C=O) groups is 2. The highest BCUT2D eigenvalue weighted by Gasteiger charge is 2.25. The molecule has 0 rings (SSSR count). The molecule has 0 bridgehead atoms. The highest BCUT2D eigenvalue weighted by molar-refractivity contribution is 5.83. The molecule has 0 radical (unpaired) electrons. The highest BCUT2D eigenvalue weighted by Crippen LogP contribution is 2.20. The second kappa shape index (κ2) is 8.87. The van der Waals surface area contributed by atoms with Gasteiger partial charge in [0.1, 0.15) is 0 Å². The van der Waals surface area contributed by atoms with Crippen LogP contribution in [0.3, 0.4) is 0 Å². The summed E-state index contributed by atoms with van der Waals surface area (Å²) in [7, 11) is 0. The van der Waals surface area contributed by atoms with Crippen molar-refractivity contribution in [3.63, 3.8) is 0 Å². The second-order valence-corrected chi connectivity index (χ2v) is 5.24. The number of aliphatic carboxylic acids is 1. The van der Waals surface area contributed by atoms with Crippen LogP contribution in [0.25, 0.3) is 0 Å². The summed E-state index contributed by atoms with van der Waals surface area (Å²) in [5, 5.41) is 20.5. The highest BCUT2D eigenvalue weighted by atomic mass is 16.4. The molecule has 1 amide bonds. The van der Waals surface area contributed by atoms with Crippen molar-refractivity contribution in [2.45, 2.75) is 52.2 Å². The van der Waals surface area contributed by atoms with Gasteiger partial charge in [-0.15, -0.1) is 0 Å². The molecular weight excluding hydrogens is 248 g/mol. The molecule has 0 aromatic rings. The lowest BCUT2D eigenvalue weighted by molar-refractivity contribution is -0.144. The van der Waals surface area contributed by atoms with Gasteiger partial charge in [-0.3, -0.25) is 4.79 Å². The van der Waals surface area contributed by atoms with Gasteiger partial charge in [0.2, 0.25) is 5.91 Å². The number of aliphatic hydroxyl groups is 1. The predicted molar refractivity (Wildman–Crippen MR) is 72.5 cm³/mol. The van der Waals surface area contributed by atoms with E-state index in [0.29, 0.717) is 24.8 Å². The van der Waals surface area contributed by atoms with Gasteiger partial charge in [-0.1, -0.05) is 13.8 Å². The number of aliphatic hydroxyl groups excluding tert-OH is 1. The summed E-state index contributed by atoms with van der Waals surface area (Å²) >= 11 is 0. The number of hydrogen-bond acceptors (Lipinski definition) is 4. The molecule has 5 N–H and O–H groups in total. The Kier molecular flexibility index (Phi) is 8.34. The molecule has 0 saturated heterocycles. The quantitative estimate of drug-likeness (QED) is 0.484. The maximum Gasteiger partial charge on any atom is 0.328 e. The monoisotopic (exact) mass is 274 g/mol. The van der Waals surface area contributed by atoms with Crippen molar-refractivity contribution in [3.8, 4) is 0 Å². The number of carbonyl (C=O) groups excluding carboxylic acids is 1. The van der Waals surface area contributed by atoms with E-state index >= 15 is 0 Å². The summed E-state index contributed by atoms with van der Waals surface area (Å²) in [6.45, 7) is 6.07. The number of amides is 1. The van der Waals surface area contributed by atoms with Gasteiger partial charge < -0.3 is 21.3 Å². The number of nitrogens with one attached hydrogen (secondary N) is 1. The molecule has 0 saturated carbocycles. The first-order valence-electron chi connectivity index (χ1n) is 6.69. The van der Waals surface area contributed by atoms with E-state index < -0.39 is 18.1 Å². The zero-order valence-corrected chi connectivity index (χ0v) is 11.9. The van der Waals surface area contributed by atoms with Crippen LogP contribution >= 0.6 is 0 Å². The zero-order chi connectivity index (χ0) is 15.0. The van der Waals surface area contributed by atoms with E-state index in [2.05, 4.69) is 19.2 Å². The van der Waals surface area contributed by atoms with Gasteiger partial charge in [0.05, 0.1) is 6.10 Å². The summed E-state index contributed by atoms with van der Waals surface area (Å²) in [4.78, 5) is 22.5. The zero-order valence-electron chi connectivity index (χ0n) is 11.9. The van der Waals surface area contributed by atoms with Crippen LogP contribution in [0.15, 0.2) is 0 Å². The summed E-state index contributed by atoms with van der Waals surface area (Å²) in [6, 6.07) is -1.25. The van der Waals surface area contributed by atoms with Gasteiger partial charge in [-0.25, -0.2) is 4.79 Å². The molecule has 0 spiro atoms. The third-order valence-electron chi connectivity index (χ3n) is 3.29. The van der Waals surface area contributed by atoms with E-state index in [4.69, 9.17) is 10.8 Å². The van der Waals surface area contributed by atoms with Crippen LogP contribution in [0.4, 0.5) is 0 Å². The SMILES string of the molecule is CC(C)C(CCN)CCC(=O)N[C@H](C(=O)O)[C@@H](C)O. The summed E-state index contributed by atoms with van der Waals surface area (Å²) in [5.41, 5.74) is 5.52. The van der Waals surface area contributed by atoms with Crippen molar-refractivity contribution >= 4 is 11.9 Å². The van der Waals surface area contributed by atoms with Crippen molar-refractivity contribution < 1.29 is 19.8 Å². The minimum absolute atomic E-state index is 0.249. The molecular formula is C13H26N2O4. The lowest BCUT2D eigenvalue weighted by Crippen LogP contribution is -2.47. The lowest BCUT2D eigenvalue weighted by atomic mass is 9.88. The Morgan fingerprint density at radius 1 is 1.21 bits per heavy atom. The summed E-state index contributed by atoms with van der Waals surface area (Å²) < 4.78 is 0. The topological polar surface area (TPSA) is 113 Å². The first kappa shape index (κ1) is 17.9. The minimum atomic E-state index is -1.25. The summed E-state index contributed by atoms with van der Waals surface area (Å²) in [5.74, 6) is -0.796. The third kappa shape index (κ3) is 7.12. The molecule has 0 aromatic heterocycles. The van der Waals surface area contributed by atoms with Crippen LogP contribution in [0.5, 0.6) is 0 Å². The Hall–Kier alpha value is -1.14. The van der Waals surface area contributed by atoms with Crippen LogP contribution in [0.1, 0.15) is 40.0 Å². The van der Waals surface area contributed by atoms with Crippen LogP contribution in [-0.2, 0) is 9.59 Å². The molecule has 0 fully saturated rings.